The molecule has 0 saturated heterocycles. The van der Waals surface area contributed by atoms with E-state index in [2.05, 4.69) is 20.8 Å². The molecule has 39 heavy (non-hydrogen) atoms. The highest BCUT2D eigenvalue weighted by molar-refractivity contribution is 9.09. The number of Topliss-reactive ketones (excluding diaryl/α,β-unsaturated/α-hetero) is 2. The van der Waals surface area contributed by atoms with Crippen LogP contribution in [0.2, 0.25) is 0 Å². The van der Waals surface area contributed by atoms with Crippen molar-refractivity contribution in [2.75, 3.05) is 13.7 Å². The average molecular weight is 617 g/mol. The number of benzene rings is 2. The Hall–Kier alpha value is -2.42. The van der Waals surface area contributed by atoms with Gasteiger partial charge in [-0.15, -0.1) is 11.3 Å². The summed E-state index contributed by atoms with van der Waals surface area (Å²) in [6, 6.07) is 13.2. The van der Waals surface area contributed by atoms with Crippen molar-refractivity contribution in [1.29, 1.82) is 0 Å². The van der Waals surface area contributed by atoms with Gasteiger partial charge < -0.3 is 4.74 Å². The summed E-state index contributed by atoms with van der Waals surface area (Å²) in [7, 11) is 1.67. The third-order valence-electron chi connectivity index (χ3n) is 7.55. The van der Waals surface area contributed by atoms with Gasteiger partial charge in [-0.25, -0.2) is 8.78 Å². The van der Waals surface area contributed by atoms with E-state index in [1.165, 1.54) is 22.6 Å². The molecule has 1 aliphatic heterocycles. The number of ether oxygens (including phenoxy) is 1. The maximum Gasteiger partial charge on any atom is 0.173 e. The second-order valence-electron chi connectivity index (χ2n) is 10.6. The lowest BCUT2D eigenvalue weighted by atomic mass is 9.95. The number of hydrogen-bond acceptors (Lipinski definition) is 5. The Morgan fingerprint density at radius 3 is 2.31 bits per heavy atom. The molecule has 0 N–H and O–H groups in total. The van der Waals surface area contributed by atoms with Crippen LogP contribution in [-0.4, -0.2) is 30.1 Å². The van der Waals surface area contributed by atoms with Gasteiger partial charge in [-0.2, -0.15) is 0 Å². The second kappa shape index (κ2) is 12.0. The first-order chi connectivity index (χ1) is 18.8. The zero-order valence-corrected chi connectivity index (χ0v) is 24.5. The molecule has 3 aliphatic rings. The Labute approximate surface area is 240 Å². The summed E-state index contributed by atoms with van der Waals surface area (Å²) >= 11 is 4.94. The summed E-state index contributed by atoms with van der Waals surface area (Å²) in [5, 5.41) is 0.901. The normalized spacial score (nSPS) is 18.4. The zero-order chi connectivity index (χ0) is 27.7. The molecule has 1 aromatic heterocycles. The summed E-state index contributed by atoms with van der Waals surface area (Å²) < 4.78 is 33.3. The lowest BCUT2D eigenvalue weighted by molar-refractivity contribution is -0.126. The van der Waals surface area contributed by atoms with Crippen molar-refractivity contribution in [2.24, 2.45) is 11.8 Å². The molecule has 206 valence electrons. The molecule has 0 bridgehead atoms. The molecular weight excluding hydrogens is 584 g/mol. The Morgan fingerprint density at radius 1 is 0.974 bits per heavy atom. The van der Waals surface area contributed by atoms with Crippen molar-refractivity contribution >= 4 is 38.8 Å². The molecule has 4 nitrogen and oxygen atoms in total. The maximum atomic E-state index is 14.4. The number of nitrogens with zero attached hydrogens (tertiary/aromatic N) is 1. The first-order valence-corrected chi connectivity index (χ1v) is 15.1. The average Bonchev–Trinajstić information content (AvgIpc) is 3.86. The fraction of sp³-hybridized carbons (Fsp3) is 0.419. The smallest absolute Gasteiger partial charge is 0.173 e. The Balaban J connectivity index is 0.000000177. The number of rotatable bonds is 8. The zero-order valence-electron chi connectivity index (χ0n) is 22.1. The number of halogens is 3. The van der Waals surface area contributed by atoms with E-state index in [9.17, 15) is 18.4 Å². The van der Waals surface area contributed by atoms with E-state index in [0.29, 0.717) is 17.7 Å². The van der Waals surface area contributed by atoms with E-state index in [-0.39, 0.29) is 35.0 Å². The molecular formula is C31H32BrF2NO3S. The number of carbonyl (C=O) groups excluding carboxylic acids is 2. The fourth-order valence-corrected chi connectivity index (χ4v) is 6.75. The van der Waals surface area contributed by atoms with Crippen LogP contribution in [0.5, 0.6) is 5.06 Å². The van der Waals surface area contributed by atoms with Crippen molar-refractivity contribution in [2.45, 2.75) is 56.4 Å². The first-order valence-electron chi connectivity index (χ1n) is 13.4. The number of fused-ring (bicyclic) bond motifs is 1. The molecule has 2 atom stereocenters. The van der Waals surface area contributed by atoms with Gasteiger partial charge in [0.15, 0.2) is 16.6 Å². The molecule has 0 spiro atoms. The molecule has 2 saturated carbocycles. The van der Waals surface area contributed by atoms with Crippen molar-refractivity contribution in [3.05, 3.63) is 87.3 Å². The molecule has 6 rings (SSSR count). The highest BCUT2D eigenvalue weighted by atomic mass is 79.9. The van der Waals surface area contributed by atoms with Crippen molar-refractivity contribution < 1.29 is 23.1 Å². The highest BCUT2D eigenvalue weighted by Gasteiger charge is 2.40. The van der Waals surface area contributed by atoms with Crippen LogP contribution in [0.3, 0.4) is 0 Å². The van der Waals surface area contributed by atoms with Gasteiger partial charge >= 0.3 is 0 Å². The summed E-state index contributed by atoms with van der Waals surface area (Å²) in [4.78, 5) is 27.6. The minimum Gasteiger partial charge on any atom is -0.487 e. The maximum absolute atomic E-state index is 14.4. The SMILES string of the molecule is COc1cc2c(s1)CCN(C(C(=O)C1CC1)c1ccccc1F)C2.Cc1ccc(C(Br)C(=O)C2CC2)c(F)c1. The van der Waals surface area contributed by atoms with Gasteiger partial charge in [0, 0.05) is 40.9 Å². The summed E-state index contributed by atoms with van der Waals surface area (Å²) in [6.45, 7) is 3.28. The van der Waals surface area contributed by atoms with Crippen LogP contribution >= 0.6 is 27.3 Å². The van der Waals surface area contributed by atoms with Gasteiger partial charge in [-0.05, 0) is 68.4 Å². The van der Waals surface area contributed by atoms with Crippen LogP contribution in [0.4, 0.5) is 8.78 Å². The molecule has 3 aromatic rings. The molecule has 0 amide bonds. The summed E-state index contributed by atoms with van der Waals surface area (Å²) in [5.74, 6) is -0.0531. The van der Waals surface area contributed by atoms with Crippen LogP contribution in [-0.2, 0) is 22.6 Å². The lowest BCUT2D eigenvalue weighted by Crippen LogP contribution is -2.38. The second-order valence-corrected chi connectivity index (χ2v) is 12.6. The van der Waals surface area contributed by atoms with E-state index in [0.717, 1.165) is 49.3 Å². The number of thiophene rings is 1. The number of carbonyl (C=O) groups is 2. The molecule has 2 aromatic carbocycles. The van der Waals surface area contributed by atoms with Gasteiger partial charge in [0.25, 0.3) is 0 Å². The standard InChI is InChI=1S/C19H20FNO2S.C12H12BrFO/c1-23-17-10-13-11-21(9-8-16(13)24-17)18(19(22)12-6-7-12)14-4-2-3-5-15(14)20;1-7-2-5-9(10(14)6-7)11(13)12(15)8-3-4-8/h2-5,10,12,18H,6-9,11H2,1H3;2,5-6,8,11H,3-4H2,1H3. The summed E-state index contributed by atoms with van der Waals surface area (Å²) in [6.07, 6.45) is 4.67. The molecule has 2 heterocycles. The summed E-state index contributed by atoms with van der Waals surface area (Å²) in [5.41, 5.74) is 3.04. The predicted octanol–water partition coefficient (Wildman–Crippen LogP) is 7.52. The van der Waals surface area contributed by atoms with Crippen molar-refractivity contribution in [3.8, 4) is 5.06 Å². The van der Waals surface area contributed by atoms with Crippen molar-refractivity contribution in [3.63, 3.8) is 0 Å². The molecule has 8 heteroatoms. The van der Waals surface area contributed by atoms with Gasteiger partial charge in [-0.3, -0.25) is 14.5 Å². The largest absolute Gasteiger partial charge is 0.487 e. The predicted molar refractivity (Wildman–Crippen MR) is 152 cm³/mol. The highest BCUT2D eigenvalue weighted by Crippen LogP contribution is 2.41. The van der Waals surface area contributed by atoms with E-state index < -0.39 is 10.9 Å². The van der Waals surface area contributed by atoms with E-state index in [4.69, 9.17) is 4.74 Å². The number of aryl methyl sites for hydroxylation is 1. The quantitative estimate of drug-likeness (QED) is 0.246. The van der Waals surface area contributed by atoms with Crippen molar-refractivity contribution in [1.82, 2.24) is 4.90 Å². The number of methoxy groups -OCH3 is 1. The van der Waals surface area contributed by atoms with Crippen LogP contribution < -0.4 is 4.74 Å². The number of hydrogen-bond donors (Lipinski definition) is 0. The number of alkyl halides is 1. The molecule has 2 fully saturated rings. The van der Waals surface area contributed by atoms with Crippen LogP contribution in [0.1, 0.15) is 63.7 Å². The van der Waals surface area contributed by atoms with E-state index in [1.54, 1.807) is 36.6 Å². The van der Waals surface area contributed by atoms with Gasteiger partial charge in [0.2, 0.25) is 0 Å². The Morgan fingerprint density at radius 2 is 1.67 bits per heavy atom. The molecule has 2 unspecified atom stereocenters. The monoisotopic (exact) mass is 615 g/mol. The molecule has 2 aliphatic carbocycles. The minimum absolute atomic E-state index is 0.105. The third-order valence-corrected chi connectivity index (χ3v) is 9.69. The van der Waals surface area contributed by atoms with E-state index >= 15 is 0 Å². The topological polar surface area (TPSA) is 46.6 Å². The van der Waals surface area contributed by atoms with Gasteiger partial charge in [-0.1, -0.05) is 46.3 Å². The van der Waals surface area contributed by atoms with Crippen LogP contribution in [0.15, 0.2) is 48.5 Å². The Bertz CT molecular complexity index is 1370. The van der Waals surface area contributed by atoms with Gasteiger partial charge in [0.1, 0.15) is 16.5 Å². The third kappa shape index (κ3) is 6.50. The molecule has 0 radical (unpaired) electrons. The number of ketones is 2. The minimum atomic E-state index is -0.481. The fourth-order valence-electron chi connectivity index (χ4n) is 5.03. The van der Waals surface area contributed by atoms with Crippen LogP contribution in [0, 0.1) is 30.4 Å². The first kappa shape index (κ1) is 28.1. The lowest BCUT2D eigenvalue weighted by Gasteiger charge is -2.34. The van der Waals surface area contributed by atoms with Crippen LogP contribution in [0.25, 0.3) is 0 Å². The van der Waals surface area contributed by atoms with E-state index in [1.807, 2.05) is 25.1 Å². The Kier molecular flexibility index (Phi) is 8.64. The van der Waals surface area contributed by atoms with Gasteiger partial charge in [0.05, 0.1) is 13.2 Å².